The number of alkyl halides is 3. The maximum Gasteiger partial charge on any atom is 0.490 e. The lowest BCUT2D eigenvalue weighted by molar-refractivity contribution is -0.192. The number of hydrogen-bond acceptors (Lipinski definition) is 11. The third-order valence-corrected chi connectivity index (χ3v) is 6.67. The van der Waals surface area contributed by atoms with E-state index in [0.717, 1.165) is 5.56 Å². The quantitative estimate of drug-likeness (QED) is 0.0919. The number of nitrogens with zero attached hydrogens (tertiary/aromatic N) is 3. The van der Waals surface area contributed by atoms with Crippen LogP contribution in [0.4, 0.5) is 24.8 Å². The highest BCUT2D eigenvalue weighted by atomic mass is 35.5. The Morgan fingerprint density at radius 3 is 2.21 bits per heavy atom. The van der Waals surface area contributed by atoms with Gasteiger partial charge < -0.3 is 27.0 Å². The van der Waals surface area contributed by atoms with Gasteiger partial charge in [-0.1, -0.05) is 29.3 Å². The Balaban J connectivity index is 0.00000112. The van der Waals surface area contributed by atoms with Crippen LogP contribution in [0.25, 0.3) is 0 Å². The molecule has 2 aromatic rings. The average Bonchev–Trinajstić information content (AvgIpc) is 2.89. The van der Waals surface area contributed by atoms with Crippen molar-refractivity contribution in [2.75, 3.05) is 25.1 Å². The Kier molecular flexibility index (Phi) is 13.4. The lowest BCUT2D eigenvalue weighted by Crippen LogP contribution is -2.41. The minimum atomic E-state index is -5.08. The van der Waals surface area contributed by atoms with Crippen LogP contribution < -0.4 is 27.2 Å². The SMILES string of the molecule is COC(=O)[C@H](CCCCN=C(N)NC(=O)c1nc(Cl)c(N)nc1N)NS(=O)(=O)c1ccc(C)cc1.O=C(O)C(F)(F)F. The number of benzene rings is 1. The first-order chi connectivity index (χ1) is 19.4. The number of hydrogen-bond donors (Lipinski definition) is 6. The van der Waals surface area contributed by atoms with Gasteiger partial charge in [0.25, 0.3) is 5.91 Å². The van der Waals surface area contributed by atoms with Gasteiger partial charge >= 0.3 is 18.1 Å². The van der Waals surface area contributed by atoms with Gasteiger partial charge in [0.2, 0.25) is 10.0 Å². The van der Waals surface area contributed by atoms with E-state index >= 15 is 0 Å². The summed E-state index contributed by atoms with van der Waals surface area (Å²) in [6.07, 6.45) is -4.07. The third-order valence-electron chi connectivity index (χ3n) is 4.90. The Hall–Kier alpha value is -4.23. The number of aliphatic imine (C=N–C) groups is 1. The number of guanidine groups is 1. The molecule has 0 radical (unpaired) electrons. The molecule has 42 heavy (non-hydrogen) atoms. The van der Waals surface area contributed by atoms with Crippen molar-refractivity contribution in [3.8, 4) is 0 Å². The molecular weight excluding hydrogens is 613 g/mol. The highest BCUT2D eigenvalue weighted by molar-refractivity contribution is 7.89. The Morgan fingerprint density at radius 1 is 1.12 bits per heavy atom. The number of carboxylic acids is 1. The number of methoxy groups -OCH3 is 1. The Morgan fingerprint density at radius 2 is 1.69 bits per heavy atom. The molecule has 232 valence electrons. The normalized spacial score (nSPS) is 12.5. The fourth-order valence-corrected chi connectivity index (χ4v) is 4.17. The van der Waals surface area contributed by atoms with Gasteiger partial charge in [-0.25, -0.2) is 23.2 Å². The molecule has 0 aliphatic heterocycles. The van der Waals surface area contributed by atoms with Crippen LogP contribution >= 0.6 is 11.6 Å². The summed E-state index contributed by atoms with van der Waals surface area (Å²) < 4.78 is 64.0. The average molecular weight is 641 g/mol. The van der Waals surface area contributed by atoms with E-state index in [1.165, 1.54) is 19.2 Å². The molecule has 0 unspecified atom stereocenters. The second kappa shape index (κ2) is 15.7. The van der Waals surface area contributed by atoms with Gasteiger partial charge in [0.15, 0.2) is 28.4 Å². The molecule has 1 atom stereocenters. The number of unbranched alkanes of at least 4 members (excludes halogenated alkanes) is 1. The van der Waals surface area contributed by atoms with Gasteiger partial charge in [-0.15, -0.1) is 0 Å². The zero-order valence-electron chi connectivity index (χ0n) is 22.1. The van der Waals surface area contributed by atoms with E-state index in [0.29, 0.717) is 12.8 Å². The van der Waals surface area contributed by atoms with Gasteiger partial charge in [0, 0.05) is 6.54 Å². The van der Waals surface area contributed by atoms with E-state index in [9.17, 15) is 31.2 Å². The van der Waals surface area contributed by atoms with E-state index in [2.05, 4.69) is 25.0 Å². The van der Waals surface area contributed by atoms with Gasteiger partial charge in [-0.05, 0) is 38.3 Å². The largest absolute Gasteiger partial charge is 0.490 e. The molecule has 1 amide bonds. The third kappa shape index (κ3) is 11.7. The fourth-order valence-electron chi connectivity index (χ4n) is 2.82. The van der Waals surface area contributed by atoms with Crippen LogP contribution in [0.1, 0.15) is 35.3 Å². The number of amides is 1. The minimum Gasteiger partial charge on any atom is -0.475 e. The Bertz CT molecular complexity index is 1410. The number of aromatic nitrogens is 2. The van der Waals surface area contributed by atoms with Gasteiger partial charge in [0.1, 0.15) is 6.04 Å². The van der Waals surface area contributed by atoms with Crippen molar-refractivity contribution < 1.29 is 45.8 Å². The molecule has 2 rings (SSSR count). The molecular formula is C22H28ClF3N8O7S. The fraction of sp³-hybridized carbons (Fsp3) is 0.364. The molecule has 0 fully saturated rings. The summed E-state index contributed by atoms with van der Waals surface area (Å²) in [6, 6.07) is 5.14. The maximum absolute atomic E-state index is 12.6. The van der Waals surface area contributed by atoms with Crippen molar-refractivity contribution in [1.82, 2.24) is 20.0 Å². The monoisotopic (exact) mass is 640 g/mol. The van der Waals surface area contributed by atoms with Crippen molar-refractivity contribution >= 4 is 57.1 Å². The van der Waals surface area contributed by atoms with Crippen LogP contribution in [-0.2, 0) is 24.3 Å². The summed E-state index contributed by atoms with van der Waals surface area (Å²) in [6.45, 7) is 2.02. The number of rotatable bonds is 10. The van der Waals surface area contributed by atoms with E-state index in [1.54, 1.807) is 12.1 Å². The zero-order valence-corrected chi connectivity index (χ0v) is 23.7. The van der Waals surface area contributed by atoms with Crippen LogP contribution in [-0.4, -0.2) is 73.2 Å². The van der Waals surface area contributed by atoms with E-state index in [1.807, 2.05) is 6.92 Å². The summed E-state index contributed by atoms with van der Waals surface area (Å²) >= 11 is 5.75. The summed E-state index contributed by atoms with van der Waals surface area (Å²) in [4.78, 5) is 44.7. The molecule has 15 nitrogen and oxygen atoms in total. The second-order valence-corrected chi connectivity index (χ2v) is 10.2. The molecule has 9 N–H and O–H groups in total. The van der Waals surface area contributed by atoms with Crippen molar-refractivity contribution in [3.63, 3.8) is 0 Å². The van der Waals surface area contributed by atoms with E-state index in [4.69, 9.17) is 43.4 Å². The number of carbonyl (C=O) groups excluding carboxylic acids is 2. The van der Waals surface area contributed by atoms with Crippen molar-refractivity contribution in [2.45, 2.75) is 43.3 Å². The number of carbonyl (C=O) groups is 3. The van der Waals surface area contributed by atoms with Crippen molar-refractivity contribution in [1.29, 1.82) is 0 Å². The number of aryl methyl sites for hydroxylation is 1. The summed E-state index contributed by atoms with van der Waals surface area (Å²) in [5, 5.41) is 9.25. The highest BCUT2D eigenvalue weighted by Crippen LogP contribution is 2.17. The molecule has 0 spiro atoms. The number of nitrogens with one attached hydrogen (secondary N) is 2. The lowest BCUT2D eigenvalue weighted by atomic mass is 10.1. The van der Waals surface area contributed by atoms with Crippen LogP contribution in [0.2, 0.25) is 5.15 Å². The summed E-state index contributed by atoms with van der Waals surface area (Å²) in [5.74, 6) is -4.78. The highest BCUT2D eigenvalue weighted by Gasteiger charge is 2.38. The number of ether oxygens (including phenoxy) is 1. The molecule has 1 aromatic heterocycles. The standard InChI is InChI=1S/C20H27ClN8O5S.C2HF3O2/c1-11-6-8-12(9-7-11)35(32,33)29-13(19(31)34-2)5-3-4-10-25-20(24)28-18(30)14-16(22)27-17(23)15(21)26-14;3-2(4,5)1(6)7/h6-9,13,29H,3-5,10H2,1-2H3,(H4,22,23,27)(H3,24,25,28,30);(H,6,7)/t13-;/m0./s1. The molecule has 1 aromatic carbocycles. The number of nitrogen functional groups attached to an aromatic ring is 2. The number of esters is 1. The number of nitrogens with two attached hydrogens (primary N) is 3. The Labute approximate surface area is 242 Å². The van der Waals surface area contributed by atoms with Crippen LogP contribution in [0.15, 0.2) is 34.2 Å². The topological polar surface area (TPSA) is 255 Å². The molecule has 0 saturated carbocycles. The van der Waals surface area contributed by atoms with Crippen molar-refractivity contribution in [2.24, 2.45) is 10.7 Å². The molecule has 1 heterocycles. The van der Waals surface area contributed by atoms with Gasteiger partial charge in [-0.3, -0.25) is 19.9 Å². The smallest absolute Gasteiger partial charge is 0.475 e. The summed E-state index contributed by atoms with van der Waals surface area (Å²) in [7, 11) is -2.75. The molecule has 0 saturated heterocycles. The van der Waals surface area contributed by atoms with E-state index in [-0.39, 0.29) is 46.3 Å². The number of halogens is 4. The van der Waals surface area contributed by atoms with Gasteiger partial charge in [0.05, 0.1) is 12.0 Å². The predicted octanol–water partition coefficient (Wildman–Crippen LogP) is 0.971. The van der Waals surface area contributed by atoms with E-state index < -0.39 is 40.1 Å². The lowest BCUT2D eigenvalue weighted by Gasteiger charge is -2.16. The second-order valence-electron chi connectivity index (χ2n) is 8.16. The van der Waals surface area contributed by atoms with Crippen LogP contribution in [0.5, 0.6) is 0 Å². The molecule has 20 heteroatoms. The van der Waals surface area contributed by atoms with Gasteiger partial charge in [-0.2, -0.15) is 17.9 Å². The number of carboxylic acid groups (broad SMARTS) is 1. The number of sulfonamides is 1. The molecule has 0 aliphatic rings. The zero-order chi connectivity index (χ0) is 32.3. The number of aliphatic carboxylic acids is 1. The maximum atomic E-state index is 12.6. The first-order valence-corrected chi connectivity index (χ1v) is 13.4. The van der Waals surface area contributed by atoms with Crippen molar-refractivity contribution in [3.05, 3.63) is 40.7 Å². The van der Waals surface area contributed by atoms with Crippen LogP contribution in [0, 0.1) is 6.92 Å². The molecule has 0 bridgehead atoms. The molecule has 0 aliphatic carbocycles. The first-order valence-electron chi connectivity index (χ1n) is 11.6. The first kappa shape index (κ1) is 35.8. The number of anilines is 2. The predicted molar refractivity (Wildman–Crippen MR) is 145 cm³/mol. The minimum absolute atomic E-state index is 0.0397. The summed E-state index contributed by atoms with van der Waals surface area (Å²) in [5.41, 5.74) is 17.4. The van der Waals surface area contributed by atoms with Crippen LogP contribution in [0.3, 0.4) is 0 Å².